The first-order valence-electron chi connectivity index (χ1n) is 9.38. The van der Waals surface area contributed by atoms with Gasteiger partial charge in [-0.2, -0.15) is 5.26 Å². The Hall–Kier alpha value is -3.26. The smallest absolute Gasteiger partial charge is 0.161 e. The number of hydrogen-bond donors (Lipinski definition) is 0. The van der Waals surface area contributed by atoms with Crippen molar-refractivity contribution in [2.45, 2.75) is 20.3 Å². The van der Waals surface area contributed by atoms with Gasteiger partial charge >= 0.3 is 0 Å². The van der Waals surface area contributed by atoms with Crippen LogP contribution in [0.5, 0.6) is 11.5 Å². The number of fused-ring (bicyclic) bond motifs is 1. The molecule has 0 spiro atoms. The van der Waals surface area contributed by atoms with E-state index in [1.807, 2.05) is 60.2 Å². The molecule has 3 aromatic rings. The molecule has 3 rings (SSSR count). The fourth-order valence-electron chi connectivity index (χ4n) is 3.00. The van der Waals surface area contributed by atoms with E-state index in [4.69, 9.17) is 9.47 Å². The van der Waals surface area contributed by atoms with Crippen LogP contribution in [0.25, 0.3) is 22.7 Å². The van der Waals surface area contributed by atoms with Crippen molar-refractivity contribution in [3.8, 4) is 17.6 Å². The third-order valence-electron chi connectivity index (χ3n) is 4.60. The van der Waals surface area contributed by atoms with E-state index in [1.54, 1.807) is 7.11 Å². The van der Waals surface area contributed by atoms with Crippen molar-refractivity contribution in [2.75, 3.05) is 13.7 Å². The molecule has 0 radical (unpaired) electrons. The summed E-state index contributed by atoms with van der Waals surface area (Å²) in [5.74, 6) is 2.58. The van der Waals surface area contributed by atoms with E-state index in [2.05, 4.69) is 24.9 Å². The lowest BCUT2D eigenvalue weighted by Gasteiger charge is -2.12. The van der Waals surface area contributed by atoms with Crippen molar-refractivity contribution in [2.24, 2.45) is 13.0 Å². The molecular formula is C23H25N3O2. The number of allylic oxidation sites excluding steroid dienone is 1. The summed E-state index contributed by atoms with van der Waals surface area (Å²) in [6.45, 7) is 4.98. The summed E-state index contributed by atoms with van der Waals surface area (Å²) < 4.78 is 13.3. The highest BCUT2D eigenvalue weighted by Crippen LogP contribution is 2.30. The fraction of sp³-hybridized carbons (Fsp3) is 0.304. The molecule has 1 heterocycles. The third-order valence-corrected chi connectivity index (χ3v) is 4.60. The number of aryl methyl sites for hydroxylation is 1. The maximum Gasteiger partial charge on any atom is 0.161 e. The van der Waals surface area contributed by atoms with Crippen LogP contribution in [0.2, 0.25) is 0 Å². The summed E-state index contributed by atoms with van der Waals surface area (Å²) in [4.78, 5) is 4.61. The molecule has 2 aromatic carbocycles. The molecule has 0 saturated heterocycles. The number of nitrogens with zero attached hydrogens (tertiary/aromatic N) is 3. The highest BCUT2D eigenvalue weighted by atomic mass is 16.5. The van der Waals surface area contributed by atoms with Crippen LogP contribution in [0, 0.1) is 17.2 Å². The summed E-state index contributed by atoms with van der Waals surface area (Å²) in [6, 6.07) is 15.8. The van der Waals surface area contributed by atoms with Gasteiger partial charge in [-0.3, -0.25) is 0 Å². The normalized spacial score (nSPS) is 11.6. The Morgan fingerprint density at radius 3 is 2.68 bits per heavy atom. The van der Waals surface area contributed by atoms with Gasteiger partial charge in [0.05, 0.1) is 30.3 Å². The van der Waals surface area contributed by atoms with E-state index in [9.17, 15) is 5.26 Å². The number of aromatic nitrogens is 2. The number of nitriles is 1. The van der Waals surface area contributed by atoms with Gasteiger partial charge in [-0.15, -0.1) is 0 Å². The number of ether oxygens (including phenoxy) is 2. The van der Waals surface area contributed by atoms with Gasteiger partial charge in [-0.1, -0.05) is 32.0 Å². The fourth-order valence-corrected chi connectivity index (χ4v) is 3.00. The van der Waals surface area contributed by atoms with Gasteiger partial charge in [0.2, 0.25) is 0 Å². The zero-order valence-corrected chi connectivity index (χ0v) is 16.8. The molecule has 0 aliphatic rings. The molecule has 5 nitrogen and oxygen atoms in total. The van der Waals surface area contributed by atoms with Crippen LogP contribution in [0.3, 0.4) is 0 Å². The number of hydrogen-bond acceptors (Lipinski definition) is 4. The number of methoxy groups -OCH3 is 1. The van der Waals surface area contributed by atoms with Crippen molar-refractivity contribution >= 4 is 22.7 Å². The number of imidazole rings is 1. The number of benzene rings is 2. The average molecular weight is 375 g/mol. The Labute approximate surface area is 165 Å². The Morgan fingerprint density at radius 2 is 2.00 bits per heavy atom. The maximum absolute atomic E-state index is 9.71. The Morgan fingerprint density at radius 1 is 1.21 bits per heavy atom. The molecule has 0 N–H and O–H groups in total. The molecule has 0 saturated carbocycles. The van der Waals surface area contributed by atoms with Crippen molar-refractivity contribution in [1.29, 1.82) is 5.26 Å². The Bertz CT molecular complexity index is 1040. The van der Waals surface area contributed by atoms with Gasteiger partial charge in [0.25, 0.3) is 0 Å². The molecule has 0 unspecified atom stereocenters. The van der Waals surface area contributed by atoms with Crippen molar-refractivity contribution in [3.63, 3.8) is 0 Å². The topological polar surface area (TPSA) is 60.1 Å². The molecule has 0 amide bonds. The first kappa shape index (κ1) is 19.5. The molecule has 0 aliphatic heterocycles. The SMILES string of the molecule is COc1cc(/C=C(\C#N)c2nc3ccccc3n2C)ccc1OCCC(C)C. The molecule has 0 aliphatic carbocycles. The van der Waals surface area contributed by atoms with Gasteiger partial charge in [-0.25, -0.2) is 4.98 Å². The quantitative estimate of drug-likeness (QED) is 0.541. The van der Waals surface area contributed by atoms with Crippen LogP contribution in [0.15, 0.2) is 42.5 Å². The predicted octanol–water partition coefficient (Wildman–Crippen LogP) is 5.07. The largest absolute Gasteiger partial charge is 0.493 e. The van der Waals surface area contributed by atoms with E-state index >= 15 is 0 Å². The lowest BCUT2D eigenvalue weighted by Crippen LogP contribution is -2.02. The van der Waals surface area contributed by atoms with Crippen LogP contribution >= 0.6 is 0 Å². The van der Waals surface area contributed by atoms with Gasteiger partial charge in [0.15, 0.2) is 17.3 Å². The minimum absolute atomic E-state index is 0.495. The second kappa shape index (κ2) is 8.62. The molecule has 5 heteroatoms. The Balaban J connectivity index is 1.92. The van der Waals surface area contributed by atoms with E-state index in [0.717, 1.165) is 23.0 Å². The first-order valence-corrected chi connectivity index (χ1v) is 9.38. The maximum atomic E-state index is 9.71. The first-order chi connectivity index (χ1) is 13.5. The molecule has 144 valence electrons. The zero-order chi connectivity index (χ0) is 20.1. The van der Waals surface area contributed by atoms with Gasteiger partial charge < -0.3 is 14.0 Å². The van der Waals surface area contributed by atoms with E-state index in [-0.39, 0.29) is 0 Å². The summed E-state index contributed by atoms with van der Waals surface area (Å²) in [6.07, 6.45) is 2.80. The Kier molecular flexibility index (Phi) is 6.00. The van der Waals surface area contributed by atoms with Gasteiger partial charge in [0.1, 0.15) is 6.07 Å². The van der Waals surface area contributed by atoms with Crippen molar-refractivity contribution in [1.82, 2.24) is 9.55 Å². The van der Waals surface area contributed by atoms with Crippen molar-refractivity contribution < 1.29 is 9.47 Å². The van der Waals surface area contributed by atoms with Crippen LogP contribution < -0.4 is 9.47 Å². The predicted molar refractivity (Wildman–Crippen MR) is 112 cm³/mol. The van der Waals surface area contributed by atoms with Crippen LogP contribution in [0.1, 0.15) is 31.7 Å². The molecule has 1 aromatic heterocycles. The van der Waals surface area contributed by atoms with Crippen molar-refractivity contribution in [3.05, 3.63) is 53.9 Å². The standard InChI is InChI=1S/C23H25N3O2/c1-16(2)11-12-28-21-10-9-17(14-22(21)27-4)13-18(15-24)23-25-19-7-5-6-8-20(19)26(23)3/h5-10,13-14,16H,11-12H2,1-4H3/b18-13+. The monoisotopic (exact) mass is 375 g/mol. The number of para-hydroxylation sites is 2. The van der Waals surface area contributed by atoms with E-state index in [0.29, 0.717) is 35.4 Å². The lowest BCUT2D eigenvalue weighted by molar-refractivity contribution is 0.273. The highest BCUT2D eigenvalue weighted by molar-refractivity contribution is 5.91. The lowest BCUT2D eigenvalue weighted by atomic mass is 10.1. The molecule has 28 heavy (non-hydrogen) atoms. The van der Waals surface area contributed by atoms with Crippen LogP contribution in [-0.4, -0.2) is 23.3 Å². The second-order valence-electron chi connectivity index (χ2n) is 7.09. The number of rotatable bonds is 7. The minimum Gasteiger partial charge on any atom is -0.493 e. The molecule has 0 atom stereocenters. The summed E-state index contributed by atoms with van der Waals surface area (Å²) in [5.41, 5.74) is 3.21. The summed E-state index contributed by atoms with van der Waals surface area (Å²) in [7, 11) is 3.54. The molecule has 0 bridgehead atoms. The second-order valence-corrected chi connectivity index (χ2v) is 7.09. The van der Waals surface area contributed by atoms with Gasteiger partial charge in [0, 0.05) is 7.05 Å². The van der Waals surface area contributed by atoms with Gasteiger partial charge in [-0.05, 0) is 48.2 Å². The summed E-state index contributed by atoms with van der Waals surface area (Å²) >= 11 is 0. The molecular weight excluding hydrogens is 350 g/mol. The summed E-state index contributed by atoms with van der Waals surface area (Å²) in [5, 5.41) is 9.71. The third kappa shape index (κ3) is 4.17. The average Bonchev–Trinajstić information content (AvgIpc) is 3.03. The van der Waals surface area contributed by atoms with E-state index in [1.165, 1.54) is 0 Å². The zero-order valence-electron chi connectivity index (χ0n) is 16.8. The van der Waals surface area contributed by atoms with Crippen LogP contribution in [0.4, 0.5) is 0 Å². The highest BCUT2D eigenvalue weighted by Gasteiger charge is 2.13. The minimum atomic E-state index is 0.495. The van der Waals surface area contributed by atoms with E-state index < -0.39 is 0 Å². The van der Waals surface area contributed by atoms with Crippen LogP contribution in [-0.2, 0) is 7.05 Å². The molecule has 0 fully saturated rings.